The minimum Gasteiger partial charge on any atom is -0.348 e. The predicted octanol–water partition coefficient (Wildman–Crippen LogP) is 3.07. The molecule has 1 aromatic rings. The van der Waals surface area contributed by atoms with Crippen molar-refractivity contribution in [3.05, 3.63) is 21.4 Å². The molecule has 1 saturated heterocycles. The summed E-state index contributed by atoms with van der Waals surface area (Å²) in [5.41, 5.74) is 1.25. The van der Waals surface area contributed by atoms with Gasteiger partial charge in [-0.05, 0) is 51.8 Å². The molecule has 2 atom stereocenters. The number of aryl methyl sites for hydroxylation is 2. The summed E-state index contributed by atoms with van der Waals surface area (Å²) in [6.07, 6.45) is 4.52. The fraction of sp³-hybridized carbons (Fsp3) is 0.667. The van der Waals surface area contributed by atoms with Gasteiger partial charge in [0.25, 0.3) is 0 Å². The highest BCUT2D eigenvalue weighted by Crippen LogP contribution is 2.26. The molecule has 1 aliphatic rings. The summed E-state index contributed by atoms with van der Waals surface area (Å²) in [4.78, 5) is 14.9. The van der Waals surface area contributed by atoms with E-state index in [1.165, 1.54) is 28.2 Å². The zero-order chi connectivity index (χ0) is 13.8. The third-order valence-corrected chi connectivity index (χ3v) is 4.76. The van der Waals surface area contributed by atoms with E-state index in [0.29, 0.717) is 0 Å². The second-order valence-corrected chi connectivity index (χ2v) is 6.92. The quantitative estimate of drug-likeness (QED) is 0.893. The lowest BCUT2D eigenvalue weighted by atomic mass is 10.1. The molecule has 0 aliphatic carbocycles. The standard InChI is InChI=1S/C15H24N2OS/c1-10-9-13(12(3)19-10)11(2)17-15(18)14-7-5-4-6-8-16-14/h9,11,14,16H,4-8H2,1-3H3,(H,17,18). The van der Waals surface area contributed by atoms with Crippen LogP contribution < -0.4 is 10.6 Å². The average Bonchev–Trinajstić information content (AvgIpc) is 2.58. The lowest BCUT2D eigenvalue weighted by Crippen LogP contribution is -2.44. The second-order valence-electron chi connectivity index (χ2n) is 5.45. The number of hydrogen-bond acceptors (Lipinski definition) is 3. The Morgan fingerprint density at radius 1 is 1.42 bits per heavy atom. The van der Waals surface area contributed by atoms with Crippen molar-refractivity contribution < 1.29 is 4.79 Å². The van der Waals surface area contributed by atoms with E-state index in [9.17, 15) is 4.79 Å². The highest BCUT2D eigenvalue weighted by molar-refractivity contribution is 7.12. The lowest BCUT2D eigenvalue weighted by molar-refractivity contribution is -0.123. The van der Waals surface area contributed by atoms with Crippen molar-refractivity contribution in [3.8, 4) is 0 Å². The first-order valence-corrected chi connectivity index (χ1v) is 8.00. The Kier molecular flexibility index (Phi) is 4.99. The van der Waals surface area contributed by atoms with Gasteiger partial charge in [-0.3, -0.25) is 4.79 Å². The van der Waals surface area contributed by atoms with Crippen LogP contribution in [0.5, 0.6) is 0 Å². The zero-order valence-electron chi connectivity index (χ0n) is 12.1. The molecule has 2 heterocycles. The SMILES string of the molecule is Cc1cc(C(C)NC(=O)C2CCCCCN2)c(C)s1. The molecule has 2 N–H and O–H groups in total. The molecule has 19 heavy (non-hydrogen) atoms. The average molecular weight is 280 g/mol. The van der Waals surface area contributed by atoms with Gasteiger partial charge < -0.3 is 10.6 Å². The number of nitrogens with one attached hydrogen (secondary N) is 2. The van der Waals surface area contributed by atoms with Crippen molar-refractivity contribution in [3.63, 3.8) is 0 Å². The fourth-order valence-electron chi connectivity index (χ4n) is 2.72. The normalized spacial score (nSPS) is 21.7. The van der Waals surface area contributed by atoms with Crippen LogP contribution in [0, 0.1) is 13.8 Å². The molecule has 1 aromatic heterocycles. The molecule has 0 bridgehead atoms. The summed E-state index contributed by atoms with van der Waals surface area (Å²) < 4.78 is 0. The van der Waals surface area contributed by atoms with E-state index in [1.54, 1.807) is 11.3 Å². The minimum absolute atomic E-state index is 0.00927. The van der Waals surface area contributed by atoms with Crippen LogP contribution in [0.4, 0.5) is 0 Å². The summed E-state index contributed by atoms with van der Waals surface area (Å²) in [7, 11) is 0. The van der Waals surface area contributed by atoms with Crippen molar-refractivity contribution >= 4 is 17.2 Å². The zero-order valence-corrected chi connectivity index (χ0v) is 12.9. The molecule has 3 nitrogen and oxygen atoms in total. The lowest BCUT2D eigenvalue weighted by Gasteiger charge is -2.20. The molecule has 106 valence electrons. The summed E-state index contributed by atoms with van der Waals surface area (Å²) in [5, 5.41) is 6.50. The van der Waals surface area contributed by atoms with Crippen molar-refractivity contribution in [2.45, 2.75) is 58.5 Å². The second kappa shape index (κ2) is 6.53. The molecule has 2 rings (SSSR count). The number of carbonyl (C=O) groups is 1. The third kappa shape index (κ3) is 3.80. The van der Waals surface area contributed by atoms with E-state index >= 15 is 0 Å². The maximum absolute atomic E-state index is 12.3. The van der Waals surface area contributed by atoms with E-state index < -0.39 is 0 Å². The van der Waals surface area contributed by atoms with Crippen LogP contribution in [-0.2, 0) is 4.79 Å². The van der Waals surface area contributed by atoms with Gasteiger partial charge in [0.1, 0.15) is 0 Å². The van der Waals surface area contributed by atoms with Gasteiger partial charge >= 0.3 is 0 Å². The fourth-order valence-corrected chi connectivity index (χ4v) is 3.75. The Bertz CT molecular complexity index is 433. The van der Waals surface area contributed by atoms with E-state index in [-0.39, 0.29) is 18.0 Å². The molecular weight excluding hydrogens is 256 g/mol. The maximum atomic E-state index is 12.3. The molecule has 0 spiro atoms. The largest absolute Gasteiger partial charge is 0.348 e. The predicted molar refractivity (Wildman–Crippen MR) is 80.6 cm³/mol. The Labute approximate surface area is 119 Å². The molecule has 1 aliphatic heterocycles. The van der Waals surface area contributed by atoms with Gasteiger partial charge in [-0.2, -0.15) is 0 Å². The molecule has 4 heteroatoms. The van der Waals surface area contributed by atoms with Gasteiger partial charge in [0.2, 0.25) is 5.91 Å². The molecule has 0 saturated carbocycles. The third-order valence-electron chi connectivity index (χ3n) is 3.78. The van der Waals surface area contributed by atoms with Gasteiger partial charge in [-0.15, -0.1) is 11.3 Å². The van der Waals surface area contributed by atoms with Crippen LogP contribution in [0.1, 0.15) is 54.0 Å². The molecular formula is C15H24N2OS. The smallest absolute Gasteiger partial charge is 0.237 e. The first kappa shape index (κ1) is 14.5. The van der Waals surface area contributed by atoms with Gasteiger partial charge in [-0.1, -0.05) is 12.8 Å². The van der Waals surface area contributed by atoms with E-state index in [1.807, 2.05) is 0 Å². The van der Waals surface area contributed by atoms with E-state index in [4.69, 9.17) is 0 Å². The number of rotatable bonds is 3. The van der Waals surface area contributed by atoms with Crippen molar-refractivity contribution in [1.82, 2.24) is 10.6 Å². The Morgan fingerprint density at radius 3 is 2.89 bits per heavy atom. The molecule has 1 amide bonds. The first-order chi connectivity index (χ1) is 9.08. The number of amides is 1. The molecule has 2 unspecified atom stereocenters. The number of carbonyl (C=O) groups excluding carboxylic acids is 1. The highest BCUT2D eigenvalue weighted by atomic mass is 32.1. The summed E-state index contributed by atoms with van der Waals surface area (Å²) in [5.74, 6) is 0.151. The van der Waals surface area contributed by atoms with Crippen LogP contribution in [0.15, 0.2) is 6.07 Å². The summed E-state index contributed by atoms with van der Waals surface area (Å²) >= 11 is 1.80. The van der Waals surface area contributed by atoms with Crippen LogP contribution in [0.3, 0.4) is 0 Å². The first-order valence-electron chi connectivity index (χ1n) is 7.18. The van der Waals surface area contributed by atoms with Gasteiger partial charge in [0.05, 0.1) is 12.1 Å². The molecule has 0 aromatic carbocycles. The van der Waals surface area contributed by atoms with Gasteiger partial charge in [-0.25, -0.2) is 0 Å². The van der Waals surface area contributed by atoms with Gasteiger partial charge in [0.15, 0.2) is 0 Å². The highest BCUT2D eigenvalue weighted by Gasteiger charge is 2.22. The summed E-state index contributed by atoms with van der Waals surface area (Å²) in [6.45, 7) is 7.27. The van der Waals surface area contributed by atoms with Crippen LogP contribution in [-0.4, -0.2) is 18.5 Å². The van der Waals surface area contributed by atoms with Crippen molar-refractivity contribution in [2.24, 2.45) is 0 Å². The topological polar surface area (TPSA) is 41.1 Å². The molecule has 0 radical (unpaired) electrons. The number of thiophene rings is 1. The maximum Gasteiger partial charge on any atom is 0.237 e. The van der Waals surface area contributed by atoms with Crippen LogP contribution >= 0.6 is 11.3 Å². The monoisotopic (exact) mass is 280 g/mol. The number of hydrogen-bond donors (Lipinski definition) is 2. The van der Waals surface area contributed by atoms with Crippen molar-refractivity contribution in [2.75, 3.05) is 6.54 Å². The Hall–Kier alpha value is -0.870. The van der Waals surface area contributed by atoms with Crippen molar-refractivity contribution in [1.29, 1.82) is 0 Å². The van der Waals surface area contributed by atoms with Crippen LogP contribution in [0.2, 0.25) is 0 Å². The molecule has 1 fully saturated rings. The Morgan fingerprint density at radius 2 is 2.21 bits per heavy atom. The van der Waals surface area contributed by atoms with Crippen LogP contribution in [0.25, 0.3) is 0 Å². The Balaban J connectivity index is 1.96. The minimum atomic E-state index is -0.00927. The van der Waals surface area contributed by atoms with E-state index in [2.05, 4.69) is 37.5 Å². The van der Waals surface area contributed by atoms with E-state index in [0.717, 1.165) is 19.4 Å². The van der Waals surface area contributed by atoms with Gasteiger partial charge in [0, 0.05) is 9.75 Å². The summed E-state index contributed by atoms with van der Waals surface area (Å²) in [6, 6.07) is 2.28.